The molecule has 3 N–H and O–H groups in total. The summed E-state index contributed by atoms with van der Waals surface area (Å²) in [6, 6.07) is 9.57. The SMILES string of the molecule is CN(C)C(=O)O.Cc1ccc(NC(=O)CCC/C=C/C(=O)N(C)C)c(=O)n1Cc1nc2c(CC(C)C)cccc2[nH]1. The van der Waals surface area contributed by atoms with E-state index < -0.39 is 6.09 Å². The minimum absolute atomic E-state index is 0.0877. The first-order valence-electron chi connectivity index (χ1n) is 13.5. The Labute approximate surface area is 240 Å². The number of aryl methyl sites for hydroxylation is 1. The first-order valence-corrected chi connectivity index (χ1v) is 13.5. The average molecular weight is 567 g/mol. The Hall–Kier alpha value is -4.41. The number of H-pyrrole nitrogens is 1. The van der Waals surface area contributed by atoms with Crippen LogP contribution in [-0.2, 0) is 22.6 Å². The maximum absolute atomic E-state index is 13.1. The molecule has 41 heavy (non-hydrogen) atoms. The molecule has 0 atom stereocenters. The Morgan fingerprint density at radius 1 is 1.10 bits per heavy atom. The molecule has 0 bridgehead atoms. The van der Waals surface area contributed by atoms with Crippen molar-refractivity contribution in [2.45, 2.75) is 53.0 Å². The molecule has 2 heterocycles. The Bertz CT molecular complexity index is 1430. The van der Waals surface area contributed by atoms with Crippen LogP contribution in [0.2, 0.25) is 0 Å². The lowest BCUT2D eigenvalue weighted by Crippen LogP contribution is -2.27. The highest BCUT2D eigenvalue weighted by Gasteiger charge is 2.13. The molecule has 0 aliphatic carbocycles. The van der Waals surface area contributed by atoms with Crippen LogP contribution in [0, 0.1) is 12.8 Å². The third-order valence-corrected chi connectivity index (χ3v) is 6.11. The number of unbranched alkanes of at least 4 members (excludes halogenated alkanes) is 1. The molecule has 0 saturated carbocycles. The summed E-state index contributed by atoms with van der Waals surface area (Å²) in [4.78, 5) is 57.4. The number of anilines is 1. The highest BCUT2D eigenvalue weighted by atomic mass is 16.4. The van der Waals surface area contributed by atoms with Gasteiger partial charge in [0.05, 0.1) is 17.6 Å². The summed E-state index contributed by atoms with van der Waals surface area (Å²) in [6.07, 6.45) is 4.74. The normalized spacial score (nSPS) is 10.9. The van der Waals surface area contributed by atoms with Gasteiger partial charge in [-0.3, -0.25) is 14.4 Å². The van der Waals surface area contributed by atoms with Gasteiger partial charge in [0.1, 0.15) is 11.5 Å². The van der Waals surface area contributed by atoms with Gasteiger partial charge in [-0.05, 0) is 61.9 Å². The number of nitrogens with one attached hydrogen (secondary N) is 2. The Morgan fingerprint density at radius 2 is 1.78 bits per heavy atom. The summed E-state index contributed by atoms with van der Waals surface area (Å²) in [6.45, 7) is 6.51. The minimum Gasteiger partial charge on any atom is -0.465 e. The first kappa shape index (κ1) is 32.8. The van der Waals surface area contributed by atoms with Gasteiger partial charge < -0.3 is 29.8 Å². The zero-order chi connectivity index (χ0) is 30.7. The van der Waals surface area contributed by atoms with E-state index in [1.54, 1.807) is 30.8 Å². The van der Waals surface area contributed by atoms with Crippen LogP contribution in [0.3, 0.4) is 0 Å². The summed E-state index contributed by atoms with van der Waals surface area (Å²) < 4.78 is 1.62. The van der Waals surface area contributed by atoms with Gasteiger partial charge in [0.2, 0.25) is 11.8 Å². The maximum atomic E-state index is 13.1. The van der Waals surface area contributed by atoms with Gasteiger partial charge in [0.15, 0.2) is 0 Å². The molecule has 11 heteroatoms. The molecule has 11 nitrogen and oxygen atoms in total. The lowest BCUT2D eigenvalue weighted by Gasteiger charge is -2.11. The van der Waals surface area contributed by atoms with Crippen molar-refractivity contribution in [1.82, 2.24) is 24.3 Å². The van der Waals surface area contributed by atoms with Crippen LogP contribution in [0.4, 0.5) is 10.5 Å². The van der Waals surface area contributed by atoms with E-state index in [2.05, 4.69) is 30.2 Å². The molecule has 0 spiro atoms. The van der Waals surface area contributed by atoms with E-state index in [0.29, 0.717) is 24.6 Å². The van der Waals surface area contributed by atoms with E-state index in [-0.39, 0.29) is 36.0 Å². The number of carbonyl (C=O) groups is 3. The predicted octanol–water partition coefficient (Wildman–Crippen LogP) is 4.26. The minimum atomic E-state index is -0.907. The van der Waals surface area contributed by atoms with E-state index >= 15 is 0 Å². The van der Waals surface area contributed by atoms with Gasteiger partial charge in [-0.15, -0.1) is 0 Å². The molecule has 0 fully saturated rings. The Balaban J connectivity index is 0.000000883. The monoisotopic (exact) mass is 566 g/mol. The van der Waals surface area contributed by atoms with Crippen molar-refractivity contribution in [3.63, 3.8) is 0 Å². The van der Waals surface area contributed by atoms with Crippen LogP contribution in [-0.4, -0.2) is 75.5 Å². The number of hydrogen-bond acceptors (Lipinski definition) is 5. The maximum Gasteiger partial charge on any atom is 0.406 e. The third kappa shape index (κ3) is 10.3. The van der Waals surface area contributed by atoms with Crippen LogP contribution in [0.15, 0.2) is 47.3 Å². The van der Waals surface area contributed by atoms with Crippen molar-refractivity contribution in [1.29, 1.82) is 0 Å². The number of aromatic amines is 1. The summed E-state index contributed by atoms with van der Waals surface area (Å²) in [5, 5.41) is 10.7. The first-order chi connectivity index (χ1) is 19.3. The van der Waals surface area contributed by atoms with Crippen LogP contribution in [0.5, 0.6) is 0 Å². The number of rotatable bonds is 10. The predicted molar refractivity (Wildman–Crippen MR) is 161 cm³/mol. The van der Waals surface area contributed by atoms with Crippen LogP contribution >= 0.6 is 0 Å². The van der Waals surface area contributed by atoms with Gasteiger partial charge >= 0.3 is 6.09 Å². The molecule has 1 aromatic carbocycles. The van der Waals surface area contributed by atoms with Crippen LogP contribution in [0.25, 0.3) is 11.0 Å². The van der Waals surface area contributed by atoms with Gasteiger partial charge in [0.25, 0.3) is 5.56 Å². The van der Waals surface area contributed by atoms with E-state index in [4.69, 9.17) is 10.1 Å². The number of carbonyl (C=O) groups excluding carboxylic acids is 2. The second-order valence-electron chi connectivity index (χ2n) is 10.6. The largest absolute Gasteiger partial charge is 0.465 e. The molecule has 0 aliphatic heterocycles. The molecule has 3 amide bonds. The van der Waals surface area contributed by atoms with Gasteiger partial charge in [-0.2, -0.15) is 0 Å². The number of nitrogens with zero attached hydrogens (tertiary/aromatic N) is 4. The molecule has 3 aromatic rings. The number of benzene rings is 1. The molecule has 0 unspecified atom stereocenters. The van der Waals surface area contributed by atoms with E-state index in [0.717, 1.165) is 28.0 Å². The molecule has 2 aromatic heterocycles. The van der Waals surface area contributed by atoms with Gasteiger partial charge in [0, 0.05) is 40.3 Å². The molecule has 3 rings (SSSR count). The smallest absolute Gasteiger partial charge is 0.406 e. The van der Waals surface area contributed by atoms with Crippen molar-refractivity contribution >= 4 is 34.6 Å². The summed E-state index contributed by atoms with van der Waals surface area (Å²) >= 11 is 0. The van der Waals surface area contributed by atoms with Crippen molar-refractivity contribution in [3.8, 4) is 0 Å². The summed E-state index contributed by atoms with van der Waals surface area (Å²) in [5.41, 5.74) is 3.84. The number of imidazole rings is 1. The zero-order valence-electron chi connectivity index (χ0n) is 25.0. The van der Waals surface area contributed by atoms with E-state index in [9.17, 15) is 19.2 Å². The number of para-hydroxylation sites is 1. The number of allylic oxidation sites excluding steroid dienone is 1. The Kier molecular flexibility index (Phi) is 12.3. The van der Waals surface area contributed by atoms with E-state index in [1.165, 1.54) is 30.6 Å². The second-order valence-corrected chi connectivity index (χ2v) is 10.6. The fraction of sp³-hybridized carbons (Fsp3) is 0.433. The fourth-order valence-electron chi connectivity index (χ4n) is 3.86. The van der Waals surface area contributed by atoms with Crippen molar-refractivity contribution in [2.24, 2.45) is 5.92 Å². The molecule has 0 saturated heterocycles. The molecule has 222 valence electrons. The third-order valence-electron chi connectivity index (χ3n) is 6.11. The number of carboxylic acid groups (broad SMARTS) is 1. The lowest BCUT2D eigenvalue weighted by molar-refractivity contribution is -0.123. The summed E-state index contributed by atoms with van der Waals surface area (Å²) in [5.74, 6) is 0.897. The van der Waals surface area contributed by atoms with Gasteiger partial charge in [-0.1, -0.05) is 32.1 Å². The number of hydrogen-bond donors (Lipinski definition) is 3. The fourth-order valence-corrected chi connectivity index (χ4v) is 3.86. The molecule has 0 aliphatic rings. The summed E-state index contributed by atoms with van der Waals surface area (Å²) in [7, 11) is 6.32. The number of likely N-dealkylation sites (N-methyl/N-ethyl adjacent to an activating group) is 1. The highest BCUT2D eigenvalue weighted by molar-refractivity contribution is 5.90. The van der Waals surface area contributed by atoms with Crippen LogP contribution in [0.1, 0.15) is 50.2 Å². The van der Waals surface area contributed by atoms with Crippen molar-refractivity contribution < 1.29 is 19.5 Å². The van der Waals surface area contributed by atoms with Crippen molar-refractivity contribution in [2.75, 3.05) is 33.5 Å². The average Bonchev–Trinajstić information content (AvgIpc) is 3.31. The number of pyridine rings is 1. The molecular weight excluding hydrogens is 524 g/mol. The zero-order valence-corrected chi connectivity index (χ0v) is 25.0. The topological polar surface area (TPSA) is 141 Å². The Morgan fingerprint density at radius 3 is 2.39 bits per heavy atom. The van der Waals surface area contributed by atoms with Crippen molar-refractivity contribution in [3.05, 3.63) is 69.9 Å². The lowest BCUT2D eigenvalue weighted by atomic mass is 10.0. The second kappa shape index (κ2) is 15.4. The quantitative estimate of drug-likeness (QED) is 0.247. The molecular formula is C30H42N6O5. The molecule has 0 radical (unpaired) electrons. The number of aromatic nitrogens is 3. The number of fused-ring (bicyclic) bond motifs is 1. The number of amides is 3. The highest BCUT2D eigenvalue weighted by Crippen LogP contribution is 2.20. The standard InChI is InChI=1S/C27H35N5O3.C3H7NO2/c1-18(2)16-20-10-9-11-21-26(20)30-23(28-21)17-32-19(3)14-15-22(27(32)35)29-24(33)12-7-6-8-13-25(34)31(4)5;1-4(2)3(5)6/h8-11,13-15,18H,6-7,12,16-17H2,1-5H3,(H,28,30)(H,29,33);1-2H3,(H,5,6)/b13-8+;. The van der Waals surface area contributed by atoms with Gasteiger partial charge in [-0.25, -0.2) is 9.78 Å². The van der Waals surface area contributed by atoms with Crippen LogP contribution < -0.4 is 10.9 Å². The van der Waals surface area contributed by atoms with E-state index in [1.807, 2.05) is 25.1 Å².